The summed E-state index contributed by atoms with van der Waals surface area (Å²) in [5.41, 5.74) is 0. The largest absolute Gasteiger partial charge is 0.756 e. The number of phosphoric ester groups is 1. The van der Waals surface area contributed by atoms with Gasteiger partial charge in [0, 0.05) is 6.42 Å². The number of nitrogens with one attached hydrogen (secondary N) is 1. The van der Waals surface area contributed by atoms with E-state index in [1.165, 1.54) is 116 Å². The number of hydrogen-bond donors (Lipinski definition) is 2. The number of carbonyl (C=O) groups is 1. The predicted molar refractivity (Wildman–Crippen MR) is 201 cm³/mol. The topological polar surface area (TPSA) is 108 Å². The van der Waals surface area contributed by atoms with E-state index in [1.54, 1.807) is 0 Å². The molecule has 3 atom stereocenters. The molecule has 0 aromatic carbocycles. The minimum Gasteiger partial charge on any atom is -0.756 e. The maximum atomic E-state index is 12.8. The van der Waals surface area contributed by atoms with Crippen LogP contribution in [0.2, 0.25) is 0 Å². The average Bonchev–Trinajstić information content (AvgIpc) is 3.02. The molecule has 0 saturated carbocycles. The molecule has 9 heteroatoms. The van der Waals surface area contributed by atoms with Crippen molar-refractivity contribution in [1.82, 2.24) is 5.32 Å². The minimum absolute atomic E-state index is 0.0126. The van der Waals surface area contributed by atoms with Crippen LogP contribution in [0, 0.1) is 0 Å². The third kappa shape index (κ3) is 33.7. The lowest BCUT2D eigenvalue weighted by Gasteiger charge is -2.30. The molecule has 8 nitrogen and oxygen atoms in total. The summed E-state index contributed by atoms with van der Waals surface area (Å²) in [5, 5.41) is 13.8. The zero-order valence-corrected chi connectivity index (χ0v) is 33.1. The first-order valence-corrected chi connectivity index (χ1v) is 21.5. The third-order valence-electron chi connectivity index (χ3n) is 9.00. The van der Waals surface area contributed by atoms with Crippen LogP contribution in [-0.2, 0) is 18.4 Å². The van der Waals surface area contributed by atoms with Gasteiger partial charge in [-0.25, -0.2) is 0 Å². The molecule has 0 aromatic heterocycles. The van der Waals surface area contributed by atoms with E-state index in [0.29, 0.717) is 23.9 Å². The molecule has 0 rings (SSSR count). The molecule has 0 aliphatic rings. The van der Waals surface area contributed by atoms with E-state index < -0.39 is 20.0 Å². The van der Waals surface area contributed by atoms with E-state index in [1.807, 2.05) is 21.1 Å². The zero-order valence-electron chi connectivity index (χ0n) is 32.2. The number of hydrogen-bond acceptors (Lipinski definition) is 6. The van der Waals surface area contributed by atoms with Crippen LogP contribution in [0.5, 0.6) is 0 Å². The molecular weight excluding hydrogens is 623 g/mol. The third-order valence-corrected chi connectivity index (χ3v) is 9.97. The van der Waals surface area contributed by atoms with E-state index in [0.717, 1.165) is 38.5 Å². The number of phosphoric acid groups is 1. The summed E-state index contributed by atoms with van der Waals surface area (Å²) in [7, 11) is 1.30. The van der Waals surface area contributed by atoms with E-state index in [2.05, 4.69) is 31.3 Å². The average molecular weight is 703 g/mol. The van der Waals surface area contributed by atoms with Crippen molar-refractivity contribution in [1.29, 1.82) is 0 Å². The molecule has 0 saturated heterocycles. The van der Waals surface area contributed by atoms with Crippen LogP contribution in [0.1, 0.15) is 181 Å². The number of carbonyl (C=O) groups excluding carboxylic acids is 1. The molecule has 2 N–H and O–H groups in total. The Hall–Kier alpha value is -0.760. The molecule has 0 bridgehead atoms. The van der Waals surface area contributed by atoms with Crippen molar-refractivity contribution in [3.05, 3.63) is 12.2 Å². The standard InChI is InChI=1S/C39H79N2O6P/c1-6-8-10-12-14-16-17-18-19-20-21-22-23-25-27-29-31-33-39(43)40-37(36-47-48(44,45)46-35-34-41(3,4)5)38(42)32-30-28-26-24-15-13-11-9-7-2/h18-19,37-38,42H,6-17,20-36H2,1-5H3,(H-,40,43,44,45)/b19-18-. The van der Waals surface area contributed by atoms with Crippen LogP contribution in [-0.4, -0.2) is 68.5 Å². The molecule has 48 heavy (non-hydrogen) atoms. The number of nitrogens with zero attached hydrogens (tertiary/aromatic N) is 1. The Kier molecular flexibility index (Phi) is 31.7. The Morgan fingerprint density at radius 2 is 1.15 bits per heavy atom. The number of amides is 1. The van der Waals surface area contributed by atoms with Gasteiger partial charge in [-0.05, 0) is 38.5 Å². The summed E-state index contributed by atoms with van der Waals surface area (Å²) >= 11 is 0. The van der Waals surface area contributed by atoms with E-state index in [-0.39, 0.29) is 19.1 Å². The molecule has 0 heterocycles. The van der Waals surface area contributed by atoms with E-state index in [9.17, 15) is 19.4 Å². The van der Waals surface area contributed by atoms with Crippen LogP contribution in [0.3, 0.4) is 0 Å². The number of rotatable bonds is 36. The molecule has 0 spiro atoms. The number of aliphatic hydroxyl groups excluding tert-OH is 1. The Morgan fingerprint density at radius 3 is 1.62 bits per heavy atom. The summed E-state index contributed by atoms with van der Waals surface area (Å²) in [5.74, 6) is -0.172. The van der Waals surface area contributed by atoms with Gasteiger partial charge in [-0.2, -0.15) is 0 Å². The molecule has 0 fully saturated rings. The Morgan fingerprint density at radius 1 is 0.708 bits per heavy atom. The van der Waals surface area contributed by atoms with Gasteiger partial charge in [-0.15, -0.1) is 0 Å². The second-order valence-corrected chi connectivity index (χ2v) is 16.4. The lowest BCUT2D eigenvalue weighted by atomic mass is 10.0. The maximum Gasteiger partial charge on any atom is 0.268 e. The van der Waals surface area contributed by atoms with Gasteiger partial charge in [0.1, 0.15) is 13.2 Å². The van der Waals surface area contributed by atoms with Crippen LogP contribution in [0.25, 0.3) is 0 Å². The van der Waals surface area contributed by atoms with Gasteiger partial charge in [-0.3, -0.25) is 9.36 Å². The minimum atomic E-state index is -4.55. The molecule has 0 aromatic rings. The molecule has 0 aliphatic carbocycles. The normalized spacial score (nSPS) is 14.7. The van der Waals surface area contributed by atoms with E-state index in [4.69, 9.17) is 9.05 Å². The van der Waals surface area contributed by atoms with Crippen molar-refractivity contribution >= 4 is 13.7 Å². The highest BCUT2D eigenvalue weighted by Crippen LogP contribution is 2.38. The van der Waals surface area contributed by atoms with Crippen molar-refractivity contribution in [2.24, 2.45) is 0 Å². The van der Waals surface area contributed by atoms with E-state index >= 15 is 0 Å². The Balaban J connectivity index is 4.35. The summed E-state index contributed by atoms with van der Waals surface area (Å²) < 4.78 is 23.1. The SMILES string of the molecule is CCCCCCCC/C=C\CCCCCCCCCC(=O)NC(COP(=O)([O-])OCC[N+](C)(C)C)C(O)CCCCCCCCCCC. The summed E-state index contributed by atoms with van der Waals surface area (Å²) in [6.45, 7) is 4.68. The number of likely N-dealkylation sites (N-methyl/N-ethyl adjacent to an activating group) is 1. The van der Waals surface area contributed by atoms with Gasteiger partial charge >= 0.3 is 0 Å². The highest BCUT2D eigenvalue weighted by Gasteiger charge is 2.24. The first-order chi connectivity index (χ1) is 23.0. The van der Waals surface area contributed by atoms with Crippen molar-refractivity contribution in [3.8, 4) is 0 Å². The zero-order chi connectivity index (χ0) is 35.8. The number of quaternary nitrogens is 1. The maximum absolute atomic E-state index is 12.8. The molecular formula is C39H79N2O6P. The fourth-order valence-corrected chi connectivity index (χ4v) is 6.46. The first kappa shape index (κ1) is 47.2. The van der Waals surface area contributed by atoms with Crippen LogP contribution < -0.4 is 10.2 Å². The fourth-order valence-electron chi connectivity index (χ4n) is 5.74. The summed E-state index contributed by atoms with van der Waals surface area (Å²) in [6.07, 6.45) is 33.5. The summed E-state index contributed by atoms with van der Waals surface area (Å²) in [4.78, 5) is 25.2. The van der Waals surface area contributed by atoms with Crippen molar-refractivity contribution in [2.75, 3.05) is 40.9 Å². The second kappa shape index (κ2) is 32.2. The lowest BCUT2D eigenvalue weighted by Crippen LogP contribution is -2.46. The number of allylic oxidation sites excluding steroid dienone is 2. The first-order valence-electron chi connectivity index (χ1n) is 20.0. The van der Waals surface area contributed by atoms with Crippen LogP contribution in [0.4, 0.5) is 0 Å². The second-order valence-electron chi connectivity index (χ2n) is 15.0. The van der Waals surface area contributed by atoms with Gasteiger partial charge in [0.05, 0.1) is 39.9 Å². The molecule has 0 aliphatic heterocycles. The highest BCUT2D eigenvalue weighted by molar-refractivity contribution is 7.45. The van der Waals surface area contributed by atoms with Crippen LogP contribution >= 0.6 is 7.82 Å². The van der Waals surface area contributed by atoms with Gasteiger partial charge in [-0.1, -0.05) is 148 Å². The monoisotopic (exact) mass is 703 g/mol. The van der Waals surface area contributed by atoms with Crippen molar-refractivity contribution in [2.45, 2.75) is 193 Å². The molecule has 3 unspecified atom stereocenters. The molecule has 286 valence electrons. The fraction of sp³-hybridized carbons (Fsp3) is 0.923. The van der Waals surface area contributed by atoms with Gasteiger partial charge < -0.3 is 28.8 Å². The number of aliphatic hydroxyl groups is 1. The van der Waals surface area contributed by atoms with Crippen LogP contribution in [0.15, 0.2) is 12.2 Å². The smallest absolute Gasteiger partial charge is 0.268 e. The molecule has 1 amide bonds. The molecule has 0 radical (unpaired) electrons. The lowest BCUT2D eigenvalue weighted by molar-refractivity contribution is -0.870. The van der Waals surface area contributed by atoms with Crippen molar-refractivity contribution < 1.29 is 32.9 Å². The van der Waals surface area contributed by atoms with Gasteiger partial charge in [0.15, 0.2) is 0 Å². The quantitative estimate of drug-likeness (QED) is 0.0291. The Bertz CT molecular complexity index is 804. The summed E-state index contributed by atoms with van der Waals surface area (Å²) in [6, 6.07) is -0.796. The highest BCUT2D eigenvalue weighted by atomic mass is 31.2. The predicted octanol–water partition coefficient (Wildman–Crippen LogP) is 9.78. The van der Waals surface area contributed by atoms with Gasteiger partial charge in [0.25, 0.3) is 7.82 Å². The van der Waals surface area contributed by atoms with Crippen molar-refractivity contribution in [3.63, 3.8) is 0 Å². The Labute approximate surface area is 297 Å². The van der Waals surface area contributed by atoms with Gasteiger partial charge in [0.2, 0.25) is 5.91 Å². The number of unbranched alkanes of at least 4 members (excludes halogenated alkanes) is 21.